The van der Waals surface area contributed by atoms with Crippen molar-refractivity contribution in [3.63, 3.8) is 0 Å². The molecule has 0 saturated carbocycles. The highest BCUT2D eigenvalue weighted by atomic mass is 19.4. The van der Waals surface area contributed by atoms with Crippen LogP contribution >= 0.6 is 0 Å². The third-order valence-electron chi connectivity index (χ3n) is 2.90. The molecule has 0 aliphatic heterocycles. The number of halogens is 6. The summed E-state index contributed by atoms with van der Waals surface area (Å²) in [5, 5.41) is 10.9. The van der Waals surface area contributed by atoms with Gasteiger partial charge in [0.2, 0.25) is 5.91 Å². The number of amides is 1. The molecule has 0 bridgehead atoms. The molecule has 10 heteroatoms. The van der Waals surface area contributed by atoms with E-state index >= 15 is 0 Å². The number of anilines is 1. The van der Waals surface area contributed by atoms with Gasteiger partial charge >= 0.3 is 12.4 Å². The van der Waals surface area contributed by atoms with Gasteiger partial charge in [0.1, 0.15) is 0 Å². The van der Waals surface area contributed by atoms with E-state index in [-0.39, 0.29) is 25.3 Å². The van der Waals surface area contributed by atoms with E-state index in [1.54, 1.807) is 0 Å². The second-order valence-corrected chi connectivity index (χ2v) is 5.03. The van der Waals surface area contributed by atoms with Gasteiger partial charge in [-0.3, -0.25) is 9.69 Å². The minimum atomic E-state index is -4.52. The highest BCUT2D eigenvalue weighted by Crippen LogP contribution is 2.29. The van der Waals surface area contributed by atoms with Crippen LogP contribution in [0.1, 0.15) is 12.0 Å². The summed E-state index contributed by atoms with van der Waals surface area (Å²) < 4.78 is 74.5. The van der Waals surface area contributed by atoms with Gasteiger partial charge in [-0.2, -0.15) is 26.3 Å². The highest BCUT2D eigenvalue weighted by Gasteiger charge is 2.32. The molecule has 0 saturated heterocycles. The normalized spacial score (nSPS) is 12.5. The molecular weight excluding hydrogens is 342 g/mol. The SMILES string of the molecule is O=C(CN(CCCO)CC(F)(F)F)Nc1ccc(C(F)(F)F)cc1. The maximum Gasteiger partial charge on any atom is 0.416 e. The lowest BCUT2D eigenvalue weighted by Gasteiger charge is -2.22. The maximum atomic E-state index is 12.4. The molecule has 0 atom stereocenters. The van der Waals surface area contributed by atoms with Crippen molar-refractivity contribution in [2.24, 2.45) is 0 Å². The molecule has 2 N–H and O–H groups in total. The van der Waals surface area contributed by atoms with Crippen LogP contribution in [0.5, 0.6) is 0 Å². The van der Waals surface area contributed by atoms with Crippen molar-refractivity contribution < 1.29 is 36.2 Å². The zero-order valence-electron chi connectivity index (χ0n) is 12.4. The molecule has 0 fully saturated rings. The van der Waals surface area contributed by atoms with Crippen molar-refractivity contribution in [3.05, 3.63) is 29.8 Å². The number of alkyl halides is 6. The van der Waals surface area contributed by atoms with Crippen molar-refractivity contribution in [2.75, 3.05) is 31.6 Å². The number of carbonyl (C=O) groups is 1. The average Bonchev–Trinajstić information content (AvgIpc) is 2.42. The smallest absolute Gasteiger partial charge is 0.396 e. The standard InChI is InChI=1S/C14H16F6N2O2/c15-13(16,17)9-22(6-1-7-23)8-12(24)21-11-4-2-10(3-5-11)14(18,19)20/h2-5,23H,1,6-9H2,(H,21,24). The lowest BCUT2D eigenvalue weighted by atomic mass is 10.2. The third-order valence-corrected chi connectivity index (χ3v) is 2.90. The van der Waals surface area contributed by atoms with Crippen molar-refractivity contribution in [2.45, 2.75) is 18.8 Å². The Kier molecular flexibility index (Phi) is 7.03. The molecule has 0 aliphatic rings. The number of aliphatic hydroxyl groups is 1. The minimum Gasteiger partial charge on any atom is -0.396 e. The zero-order valence-corrected chi connectivity index (χ0v) is 12.4. The van der Waals surface area contributed by atoms with E-state index in [0.29, 0.717) is 0 Å². The van der Waals surface area contributed by atoms with Crippen molar-refractivity contribution >= 4 is 11.6 Å². The molecule has 0 radical (unpaired) electrons. The lowest BCUT2D eigenvalue weighted by Crippen LogP contribution is -2.40. The quantitative estimate of drug-likeness (QED) is 0.737. The van der Waals surface area contributed by atoms with E-state index < -0.39 is 36.9 Å². The van der Waals surface area contributed by atoms with Crippen LogP contribution in [0.25, 0.3) is 0 Å². The first-order chi connectivity index (χ1) is 11.0. The predicted molar refractivity (Wildman–Crippen MR) is 74.3 cm³/mol. The highest BCUT2D eigenvalue weighted by molar-refractivity contribution is 5.92. The molecule has 0 unspecified atom stereocenters. The van der Waals surface area contributed by atoms with E-state index in [9.17, 15) is 31.1 Å². The Morgan fingerprint density at radius 3 is 2.12 bits per heavy atom. The summed E-state index contributed by atoms with van der Waals surface area (Å²) in [6.07, 6.45) is -8.97. The van der Waals surface area contributed by atoms with E-state index in [4.69, 9.17) is 5.11 Å². The monoisotopic (exact) mass is 358 g/mol. The number of nitrogens with zero attached hydrogens (tertiary/aromatic N) is 1. The number of benzene rings is 1. The summed E-state index contributed by atoms with van der Waals surface area (Å²) in [5.74, 6) is -0.794. The van der Waals surface area contributed by atoms with Gasteiger partial charge in [0.15, 0.2) is 0 Å². The fourth-order valence-electron chi connectivity index (χ4n) is 1.91. The molecule has 0 heterocycles. The Morgan fingerprint density at radius 1 is 1.08 bits per heavy atom. The molecule has 0 aromatic heterocycles. The summed E-state index contributed by atoms with van der Waals surface area (Å²) in [4.78, 5) is 12.6. The molecule has 4 nitrogen and oxygen atoms in total. The fraction of sp³-hybridized carbons (Fsp3) is 0.500. The molecule has 24 heavy (non-hydrogen) atoms. The Labute approximate surface area is 134 Å². The van der Waals surface area contributed by atoms with E-state index in [2.05, 4.69) is 5.32 Å². The summed E-state index contributed by atoms with van der Waals surface area (Å²) in [6, 6.07) is 3.55. The number of carbonyl (C=O) groups excluding carboxylic acids is 1. The van der Waals surface area contributed by atoms with Crippen molar-refractivity contribution in [1.82, 2.24) is 4.90 Å². The van der Waals surface area contributed by atoms with Gasteiger partial charge in [-0.1, -0.05) is 0 Å². The van der Waals surface area contributed by atoms with Gasteiger partial charge in [0.25, 0.3) is 0 Å². The Morgan fingerprint density at radius 2 is 1.67 bits per heavy atom. The van der Waals surface area contributed by atoms with Crippen LogP contribution in [0, 0.1) is 0 Å². The number of rotatable bonds is 7. The van der Waals surface area contributed by atoms with Crippen LogP contribution in [0.15, 0.2) is 24.3 Å². The number of aliphatic hydroxyl groups excluding tert-OH is 1. The number of hydrogen-bond donors (Lipinski definition) is 2. The Bertz CT molecular complexity index is 528. The van der Waals surface area contributed by atoms with Crippen LogP contribution in [-0.4, -0.2) is 48.3 Å². The van der Waals surface area contributed by atoms with Crippen molar-refractivity contribution in [1.29, 1.82) is 0 Å². The summed E-state index contributed by atoms with van der Waals surface area (Å²) >= 11 is 0. The largest absolute Gasteiger partial charge is 0.416 e. The summed E-state index contributed by atoms with van der Waals surface area (Å²) in [7, 11) is 0. The molecular formula is C14H16F6N2O2. The molecule has 1 aromatic carbocycles. The number of nitrogens with one attached hydrogen (secondary N) is 1. The second-order valence-electron chi connectivity index (χ2n) is 5.03. The zero-order chi connectivity index (χ0) is 18.4. The second kappa shape index (κ2) is 8.34. The molecule has 1 amide bonds. The van der Waals surface area contributed by atoms with Crippen LogP contribution in [0.2, 0.25) is 0 Å². The predicted octanol–water partition coefficient (Wildman–Crippen LogP) is 2.89. The van der Waals surface area contributed by atoms with Crippen LogP contribution in [0.4, 0.5) is 32.0 Å². The summed E-state index contributed by atoms with van der Waals surface area (Å²) in [5.41, 5.74) is -0.857. The first kappa shape index (κ1) is 20.2. The topological polar surface area (TPSA) is 52.6 Å². The van der Waals surface area contributed by atoms with Gasteiger partial charge in [-0.05, 0) is 30.7 Å². The number of hydrogen-bond acceptors (Lipinski definition) is 3. The summed E-state index contributed by atoms with van der Waals surface area (Å²) in [6.45, 7) is -2.39. The third kappa shape index (κ3) is 7.64. The first-order valence-corrected chi connectivity index (χ1v) is 6.88. The fourth-order valence-corrected chi connectivity index (χ4v) is 1.91. The van der Waals surface area contributed by atoms with Gasteiger partial charge in [0, 0.05) is 18.8 Å². The maximum absolute atomic E-state index is 12.4. The van der Waals surface area contributed by atoms with Crippen LogP contribution in [-0.2, 0) is 11.0 Å². The first-order valence-electron chi connectivity index (χ1n) is 6.88. The van der Waals surface area contributed by atoms with E-state index in [0.717, 1.165) is 29.2 Å². The lowest BCUT2D eigenvalue weighted by molar-refractivity contribution is -0.148. The van der Waals surface area contributed by atoms with Gasteiger partial charge in [-0.25, -0.2) is 0 Å². The average molecular weight is 358 g/mol. The van der Waals surface area contributed by atoms with Gasteiger partial charge in [0.05, 0.1) is 18.7 Å². The van der Waals surface area contributed by atoms with E-state index in [1.807, 2.05) is 0 Å². The molecule has 0 spiro atoms. The molecule has 1 rings (SSSR count). The minimum absolute atomic E-state index is 0.0436. The molecule has 1 aromatic rings. The van der Waals surface area contributed by atoms with Gasteiger partial charge in [-0.15, -0.1) is 0 Å². The van der Waals surface area contributed by atoms with E-state index in [1.165, 1.54) is 0 Å². The molecule has 136 valence electrons. The molecule has 0 aliphatic carbocycles. The Hall–Kier alpha value is -1.81. The van der Waals surface area contributed by atoms with Crippen LogP contribution in [0.3, 0.4) is 0 Å². The van der Waals surface area contributed by atoms with Crippen LogP contribution < -0.4 is 5.32 Å². The van der Waals surface area contributed by atoms with Gasteiger partial charge < -0.3 is 10.4 Å². The van der Waals surface area contributed by atoms with Crippen molar-refractivity contribution in [3.8, 4) is 0 Å². The Balaban J connectivity index is 2.64.